The molecule has 1 aliphatic rings. The van der Waals surface area contributed by atoms with E-state index in [4.69, 9.17) is 4.74 Å². The molecule has 0 saturated carbocycles. The zero-order valence-electron chi connectivity index (χ0n) is 16.2. The molecule has 1 unspecified atom stereocenters. The minimum Gasteiger partial charge on any atom is -0.497 e. The molecule has 6 nitrogen and oxygen atoms in total. The Balaban J connectivity index is 1.70. The summed E-state index contributed by atoms with van der Waals surface area (Å²) >= 11 is 0. The SMILES string of the molecule is COc1ccc(NCC(=O)c2cccc(S(=O)(=O)N3CCCC(C)C3)c2)cc1. The highest BCUT2D eigenvalue weighted by atomic mass is 32.2. The van der Waals surface area contributed by atoms with Crippen molar-refractivity contribution in [3.05, 3.63) is 54.1 Å². The normalized spacial score (nSPS) is 17.9. The second-order valence-electron chi connectivity index (χ2n) is 7.14. The van der Waals surface area contributed by atoms with Gasteiger partial charge in [-0.05, 0) is 55.2 Å². The lowest BCUT2D eigenvalue weighted by Crippen LogP contribution is -2.39. The lowest BCUT2D eigenvalue weighted by molar-refractivity contribution is 0.101. The number of anilines is 1. The van der Waals surface area contributed by atoms with E-state index in [1.54, 1.807) is 37.4 Å². The van der Waals surface area contributed by atoms with Crippen molar-refractivity contribution in [1.29, 1.82) is 0 Å². The third kappa shape index (κ3) is 4.72. The van der Waals surface area contributed by atoms with Crippen LogP contribution in [-0.4, -0.2) is 45.3 Å². The standard InChI is InChI=1S/C21H26N2O4S/c1-16-5-4-12-23(15-16)28(25,26)20-7-3-6-17(13-20)21(24)14-22-18-8-10-19(27-2)11-9-18/h3,6-11,13,16,22H,4-5,12,14-15H2,1-2H3. The molecule has 0 amide bonds. The van der Waals surface area contributed by atoms with Crippen LogP contribution >= 0.6 is 0 Å². The fourth-order valence-electron chi connectivity index (χ4n) is 3.34. The number of hydrogen-bond acceptors (Lipinski definition) is 5. The average Bonchev–Trinajstić information content (AvgIpc) is 2.72. The molecule has 1 heterocycles. The number of sulfonamides is 1. The molecular weight excluding hydrogens is 376 g/mol. The van der Waals surface area contributed by atoms with Gasteiger partial charge in [-0.2, -0.15) is 4.31 Å². The number of carbonyl (C=O) groups is 1. The van der Waals surface area contributed by atoms with Crippen molar-refractivity contribution in [2.24, 2.45) is 5.92 Å². The van der Waals surface area contributed by atoms with Gasteiger partial charge in [-0.25, -0.2) is 8.42 Å². The molecule has 3 rings (SSSR count). The van der Waals surface area contributed by atoms with E-state index in [1.807, 2.05) is 12.1 Å². The van der Waals surface area contributed by atoms with Gasteiger partial charge in [0.2, 0.25) is 10.0 Å². The molecule has 0 aromatic heterocycles. The van der Waals surface area contributed by atoms with Crippen molar-refractivity contribution in [2.75, 3.05) is 32.1 Å². The number of ketones is 1. The summed E-state index contributed by atoms with van der Waals surface area (Å²) in [4.78, 5) is 12.7. The first-order chi connectivity index (χ1) is 13.4. The first-order valence-electron chi connectivity index (χ1n) is 9.41. The number of methoxy groups -OCH3 is 1. The van der Waals surface area contributed by atoms with Crippen molar-refractivity contribution in [1.82, 2.24) is 4.31 Å². The van der Waals surface area contributed by atoms with Crippen molar-refractivity contribution in [3.8, 4) is 5.75 Å². The summed E-state index contributed by atoms with van der Waals surface area (Å²) < 4.78 is 32.5. The zero-order valence-corrected chi connectivity index (χ0v) is 17.0. The van der Waals surface area contributed by atoms with Crippen LogP contribution in [0.4, 0.5) is 5.69 Å². The van der Waals surface area contributed by atoms with Gasteiger partial charge in [0, 0.05) is 24.3 Å². The lowest BCUT2D eigenvalue weighted by atomic mass is 10.0. The maximum absolute atomic E-state index is 12.9. The van der Waals surface area contributed by atoms with Gasteiger partial charge in [-0.1, -0.05) is 19.1 Å². The fraction of sp³-hybridized carbons (Fsp3) is 0.381. The van der Waals surface area contributed by atoms with Crippen molar-refractivity contribution < 1.29 is 17.9 Å². The van der Waals surface area contributed by atoms with E-state index >= 15 is 0 Å². The maximum Gasteiger partial charge on any atom is 0.243 e. The van der Waals surface area contributed by atoms with E-state index in [-0.39, 0.29) is 17.2 Å². The molecule has 2 aromatic carbocycles. The number of nitrogens with zero attached hydrogens (tertiary/aromatic N) is 1. The number of nitrogens with one attached hydrogen (secondary N) is 1. The molecular formula is C21H26N2O4S. The first kappa shape index (κ1) is 20.4. The molecule has 0 radical (unpaired) electrons. The van der Waals surface area contributed by atoms with Gasteiger partial charge in [0.15, 0.2) is 5.78 Å². The number of rotatable bonds is 7. The summed E-state index contributed by atoms with van der Waals surface area (Å²) in [5, 5.41) is 3.06. The second-order valence-corrected chi connectivity index (χ2v) is 9.08. The van der Waals surface area contributed by atoms with Crippen LogP contribution in [0, 0.1) is 5.92 Å². The summed E-state index contributed by atoms with van der Waals surface area (Å²) in [6.07, 6.45) is 1.91. The van der Waals surface area contributed by atoms with Crippen LogP contribution in [0.5, 0.6) is 5.75 Å². The lowest BCUT2D eigenvalue weighted by Gasteiger charge is -2.30. The predicted octanol–water partition coefficient (Wildman–Crippen LogP) is 3.41. The van der Waals surface area contributed by atoms with Gasteiger partial charge >= 0.3 is 0 Å². The van der Waals surface area contributed by atoms with Gasteiger partial charge in [-0.15, -0.1) is 0 Å². The Morgan fingerprint density at radius 2 is 1.96 bits per heavy atom. The van der Waals surface area contributed by atoms with Crippen LogP contribution in [-0.2, 0) is 10.0 Å². The third-order valence-corrected chi connectivity index (χ3v) is 6.82. The first-order valence-corrected chi connectivity index (χ1v) is 10.9. The Morgan fingerprint density at radius 1 is 1.21 bits per heavy atom. The summed E-state index contributed by atoms with van der Waals surface area (Å²) in [5.41, 5.74) is 1.17. The summed E-state index contributed by atoms with van der Waals surface area (Å²) in [6, 6.07) is 13.6. The largest absolute Gasteiger partial charge is 0.497 e. The van der Waals surface area contributed by atoms with E-state index in [0.717, 1.165) is 24.3 Å². The van der Waals surface area contributed by atoms with E-state index in [9.17, 15) is 13.2 Å². The number of piperidine rings is 1. The molecule has 150 valence electrons. The highest BCUT2D eigenvalue weighted by molar-refractivity contribution is 7.89. The monoisotopic (exact) mass is 402 g/mol. The fourth-order valence-corrected chi connectivity index (χ4v) is 4.98. The third-order valence-electron chi connectivity index (χ3n) is 4.96. The van der Waals surface area contributed by atoms with Crippen LogP contribution < -0.4 is 10.1 Å². The summed E-state index contributed by atoms with van der Waals surface area (Å²) in [5.74, 6) is 0.920. The Morgan fingerprint density at radius 3 is 2.64 bits per heavy atom. The molecule has 1 aliphatic heterocycles. The highest BCUT2D eigenvalue weighted by Gasteiger charge is 2.29. The Kier molecular flexibility index (Phi) is 6.36. The minimum atomic E-state index is -3.58. The molecule has 1 fully saturated rings. The van der Waals surface area contributed by atoms with Gasteiger partial charge in [0.25, 0.3) is 0 Å². The number of Topliss-reactive ketones (excluding diaryl/α,β-unsaturated/α-hetero) is 1. The Bertz CT molecular complexity index is 926. The van der Waals surface area contributed by atoms with Gasteiger partial charge in [-0.3, -0.25) is 4.79 Å². The summed E-state index contributed by atoms with van der Waals surface area (Å²) in [7, 11) is -1.98. The molecule has 1 atom stereocenters. The summed E-state index contributed by atoms with van der Waals surface area (Å²) in [6.45, 7) is 3.20. The van der Waals surface area contributed by atoms with Gasteiger partial charge in [0.1, 0.15) is 5.75 Å². The maximum atomic E-state index is 12.9. The van der Waals surface area contributed by atoms with E-state index in [2.05, 4.69) is 12.2 Å². The van der Waals surface area contributed by atoms with E-state index in [1.165, 1.54) is 10.4 Å². The molecule has 7 heteroatoms. The molecule has 28 heavy (non-hydrogen) atoms. The van der Waals surface area contributed by atoms with Crippen molar-refractivity contribution in [3.63, 3.8) is 0 Å². The van der Waals surface area contributed by atoms with E-state index in [0.29, 0.717) is 24.6 Å². The molecule has 0 bridgehead atoms. The average molecular weight is 403 g/mol. The Hall–Kier alpha value is -2.38. The van der Waals surface area contributed by atoms with Crippen molar-refractivity contribution in [2.45, 2.75) is 24.7 Å². The quantitative estimate of drug-likeness (QED) is 0.719. The van der Waals surface area contributed by atoms with Crippen LogP contribution in [0.2, 0.25) is 0 Å². The van der Waals surface area contributed by atoms with Crippen LogP contribution in [0.15, 0.2) is 53.4 Å². The van der Waals surface area contributed by atoms with Crippen LogP contribution in [0.3, 0.4) is 0 Å². The number of carbonyl (C=O) groups excluding carboxylic acids is 1. The zero-order chi connectivity index (χ0) is 20.1. The minimum absolute atomic E-state index is 0.0799. The van der Waals surface area contributed by atoms with Gasteiger partial charge < -0.3 is 10.1 Å². The topological polar surface area (TPSA) is 75.7 Å². The molecule has 1 saturated heterocycles. The van der Waals surface area contributed by atoms with E-state index < -0.39 is 10.0 Å². The van der Waals surface area contributed by atoms with Crippen LogP contribution in [0.1, 0.15) is 30.1 Å². The van der Waals surface area contributed by atoms with Crippen LogP contribution in [0.25, 0.3) is 0 Å². The predicted molar refractivity (Wildman–Crippen MR) is 109 cm³/mol. The molecule has 0 spiro atoms. The molecule has 1 N–H and O–H groups in total. The number of benzene rings is 2. The number of hydrogen-bond donors (Lipinski definition) is 1. The highest BCUT2D eigenvalue weighted by Crippen LogP contribution is 2.24. The second kappa shape index (κ2) is 8.75. The van der Waals surface area contributed by atoms with Gasteiger partial charge in [0.05, 0.1) is 18.6 Å². The smallest absolute Gasteiger partial charge is 0.243 e. The molecule has 0 aliphatic carbocycles. The Labute approximate surface area is 166 Å². The number of ether oxygens (including phenoxy) is 1. The van der Waals surface area contributed by atoms with Crippen molar-refractivity contribution >= 4 is 21.5 Å². The molecule has 2 aromatic rings.